The van der Waals surface area contributed by atoms with Crippen LogP contribution in [0.25, 0.3) is 0 Å². The van der Waals surface area contributed by atoms with Crippen LogP contribution in [-0.4, -0.2) is 17.4 Å². The number of hydrogen-bond acceptors (Lipinski definition) is 5. The molecule has 1 aromatic rings. The molecule has 1 rings (SSSR count). The van der Waals surface area contributed by atoms with E-state index in [1.165, 1.54) is 0 Å². The van der Waals surface area contributed by atoms with Crippen LogP contribution < -0.4 is 11.1 Å². The van der Waals surface area contributed by atoms with Crippen molar-refractivity contribution in [2.24, 2.45) is 0 Å². The zero-order chi connectivity index (χ0) is 10.6. The molecule has 0 saturated heterocycles. The van der Waals surface area contributed by atoms with Gasteiger partial charge in [0.05, 0.1) is 18.2 Å². The molecule has 6 heteroatoms. The van der Waals surface area contributed by atoms with Gasteiger partial charge in [-0.3, -0.25) is 4.79 Å². The predicted molar refractivity (Wildman–Crippen MR) is 53.8 cm³/mol. The van der Waals surface area contributed by atoms with Gasteiger partial charge in [0.1, 0.15) is 4.88 Å². The summed E-state index contributed by atoms with van der Waals surface area (Å²) in [6.45, 7) is 2.08. The van der Waals surface area contributed by atoms with Gasteiger partial charge in [-0.05, 0) is 6.92 Å². The highest BCUT2D eigenvalue weighted by Crippen LogP contribution is 2.18. The van der Waals surface area contributed by atoms with Crippen LogP contribution in [0.4, 0.5) is 5.13 Å². The molecule has 1 amide bonds. The van der Waals surface area contributed by atoms with Gasteiger partial charge < -0.3 is 11.1 Å². The minimum atomic E-state index is -0.216. The van der Waals surface area contributed by atoms with Crippen molar-refractivity contribution in [3.63, 3.8) is 0 Å². The van der Waals surface area contributed by atoms with Crippen LogP contribution >= 0.6 is 11.3 Å². The Balaban J connectivity index is 2.61. The van der Waals surface area contributed by atoms with E-state index >= 15 is 0 Å². The number of aryl methyl sites for hydroxylation is 1. The number of amides is 1. The van der Waals surface area contributed by atoms with E-state index in [-0.39, 0.29) is 5.91 Å². The van der Waals surface area contributed by atoms with E-state index in [1.807, 2.05) is 6.07 Å². The molecule has 0 radical (unpaired) electrons. The molecule has 3 N–H and O–H groups in total. The molecule has 0 spiro atoms. The van der Waals surface area contributed by atoms with E-state index in [0.29, 0.717) is 28.7 Å². The highest BCUT2D eigenvalue weighted by atomic mass is 32.1. The number of nitrogens with zero attached hydrogens (tertiary/aromatic N) is 2. The first-order chi connectivity index (χ1) is 6.65. The predicted octanol–water partition coefficient (Wildman–Crippen LogP) is 0.677. The molecule has 0 bridgehead atoms. The molecular formula is C8H10N4OS. The smallest absolute Gasteiger partial charge is 0.263 e. The van der Waals surface area contributed by atoms with Crippen molar-refractivity contribution in [2.45, 2.75) is 13.3 Å². The average Bonchev–Trinajstić information content (AvgIpc) is 2.45. The number of rotatable bonds is 3. The number of nitrogens with one attached hydrogen (secondary N) is 1. The number of aromatic nitrogens is 1. The number of thiazole rings is 1. The molecule has 1 aromatic heterocycles. The van der Waals surface area contributed by atoms with Crippen LogP contribution in [0.15, 0.2) is 0 Å². The van der Waals surface area contributed by atoms with Crippen molar-refractivity contribution in [2.75, 3.05) is 12.3 Å². The van der Waals surface area contributed by atoms with Gasteiger partial charge in [-0.2, -0.15) is 5.26 Å². The molecule has 14 heavy (non-hydrogen) atoms. The van der Waals surface area contributed by atoms with E-state index in [1.54, 1.807) is 6.92 Å². The lowest BCUT2D eigenvalue weighted by Crippen LogP contribution is -2.23. The summed E-state index contributed by atoms with van der Waals surface area (Å²) in [7, 11) is 0. The number of nitriles is 1. The van der Waals surface area contributed by atoms with Crippen molar-refractivity contribution >= 4 is 22.4 Å². The summed E-state index contributed by atoms with van der Waals surface area (Å²) in [6, 6.07) is 1.94. The molecule has 0 saturated carbocycles. The second-order valence-corrected chi connectivity index (χ2v) is 3.66. The Labute approximate surface area is 85.6 Å². The first-order valence-electron chi connectivity index (χ1n) is 4.03. The maximum atomic E-state index is 11.4. The number of nitrogen functional groups attached to an aromatic ring is 1. The minimum Gasteiger partial charge on any atom is -0.375 e. The number of carbonyl (C=O) groups is 1. The highest BCUT2D eigenvalue weighted by Gasteiger charge is 2.12. The lowest BCUT2D eigenvalue weighted by molar-refractivity contribution is 0.0958. The lowest BCUT2D eigenvalue weighted by atomic mass is 10.3. The van der Waals surface area contributed by atoms with E-state index in [9.17, 15) is 4.79 Å². The van der Waals surface area contributed by atoms with Crippen LogP contribution in [0, 0.1) is 18.3 Å². The Bertz CT molecular complexity index is 379. The summed E-state index contributed by atoms with van der Waals surface area (Å²) in [4.78, 5) is 15.9. The standard InChI is InChI=1S/C8H10N4OS/c1-5-6(14-8(10)12-5)7(13)11-4-2-3-9/h2,4H2,1H3,(H2,10,12)(H,11,13). The molecule has 0 aliphatic carbocycles. The van der Waals surface area contributed by atoms with Gasteiger partial charge >= 0.3 is 0 Å². The monoisotopic (exact) mass is 210 g/mol. The minimum absolute atomic E-state index is 0.216. The maximum Gasteiger partial charge on any atom is 0.263 e. The lowest BCUT2D eigenvalue weighted by Gasteiger charge is -1.99. The Morgan fingerprint density at radius 2 is 2.50 bits per heavy atom. The number of nitrogens with two attached hydrogens (primary N) is 1. The highest BCUT2D eigenvalue weighted by molar-refractivity contribution is 7.17. The van der Waals surface area contributed by atoms with Crippen molar-refractivity contribution < 1.29 is 4.79 Å². The van der Waals surface area contributed by atoms with Crippen molar-refractivity contribution in [3.8, 4) is 6.07 Å². The fourth-order valence-electron chi connectivity index (χ4n) is 0.940. The quantitative estimate of drug-likeness (QED) is 0.717. The fraction of sp³-hybridized carbons (Fsp3) is 0.375. The molecule has 0 aliphatic rings. The van der Waals surface area contributed by atoms with Gasteiger partial charge in [-0.25, -0.2) is 4.98 Å². The molecule has 0 atom stereocenters. The second-order valence-electron chi connectivity index (χ2n) is 2.63. The van der Waals surface area contributed by atoms with Gasteiger partial charge in [0, 0.05) is 6.54 Å². The third-order valence-corrected chi connectivity index (χ3v) is 2.53. The van der Waals surface area contributed by atoms with Gasteiger partial charge in [0.25, 0.3) is 5.91 Å². The summed E-state index contributed by atoms with van der Waals surface area (Å²) in [5.74, 6) is -0.216. The van der Waals surface area contributed by atoms with Gasteiger partial charge in [0.15, 0.2) is 5.13 Å². The SMILES string of the molecule is Cc1nc(N)sc1C(=O)NCCC#N. The third-order valence-electron chi connectivity index (χ3n) is 1.54. The van der Waals surface area contributed by atoms with E-state index in [2.05, 4.69) is 10.3 Å². The van der Waals surface area contributed by atoms with Crippen molar-refractivity contribution in [1.82, 2.24) is 10.3 Å². The number of carbonyl (C=O) groups excluding carboxylic acids is 1. The number of hydrogen-bond donors (Lipinski definition) is 2. The topological polar surface area (TPSA) is 91.8 Å². The van der Waals surface area contributed by atoms with Crippen LogP contribution in [-0.2, 0) is 0 Å². The molecule has 0 unspecified atom stereocenters. The van der Waals surface area contributed by atoms with Gasteiger partial charge in [-0.15, -0.1) is 0 Å². The van der Waals surface area contributed by atoms with E-state index < -0.39 is 0 Å². The average molecular weight is 210 g/mol. The van der Waals surface area contributed by atoms with Crippen LogP contribution in [0.3, 0.4) is 0 Å². The Morgan fingerprint density at radius 1 is 1.79 bits per heavy atom. The maximum absolute atomic E-state index is 11.4. The zero-order valence-corrected chi connectivity index (χ0v) is 8.52. The molecule has 1 heterocycles. The first kappa shape index (κ1) is 10.5. The molecule has 0 aliphatic heterocycles. The van der Waals surface area contributed by atoms with Gasteiger partial charge in [-0.1, -0.05) is 11.3 Å². The summed E-state index contributed by atoms with van der Waals surface area (Å²) in [5.41, 5.74) is 6.07. The second kappa shape index (κ2) is 4.58. The summed E-state index contributed by atoms with van der Waals surface area (Å²) >= 11 is 1.15. The molecular weight excluding hydrogens is 200 g/mol. The molecule has 74 valence electrons. The van der Waals surface area contributed by atoms with Crippen molar-refractivity contribution in [3.05, 3.63) is 10.6 Å². The Kier molecular flexibility index (Phi) is 3.42. The summed E-state index contributed by atoms with van der Waals surface area (Å²) in [5, 5.41) is 11.3. The van der Waals surface area contributed by atoms with Crippen LogP contribution in [0.2, 0.25) is 0 Å². The largest absolute Gasteiger partial charge is 0.375 e. The number of anilines is 1. The third kappa shape index (κ3) is 2.44. The Hall–Kier alpha value is -1.61. The molecule has 0 fully saturated rings. The zero-order valence-electron chi connectivity index (χ0n) is 7.70. The summed E-state index contributed by atoms with van der Waals surface area (Å²) < 4.78 is 0. The van der Waals surface area contributed by atoms with E-state index in [0.717, 1.165) is 11.3 Å². The van der Waals surface area contributed by atoms with E-state index in [4.69, 9.17) is 11.0 Å². The van der Waals surface area contributed by atoms with Crippen molar-refractivity contribution in [1.29, 1.82) is 5.26 Å². The molecule has 5 nitrogen and oxygen atoms in total. The molecule has 0 aromatic carbocycles. The van der Waals surface area contributed by atoms with Crippen LogP contribution in [0.1, 0.15) is 21.8 Å². The first-order valence-corrected chi connectivity index (χ1v) is 4.85. The van der Waals surface area contributed by atoms with Gasteiger partial charge in [0.2, 0.25) is 0 Å². The normalized spacial score (nSPS) is 9.43. The Morgan fingerprint density at radius 3 is 3.00 bits per heavy atom. The van der Waals surface area contributed by atoms with Crippen LogP contribution in [0.5, 0.6) is 0 Å². The summed E-state index contributed by atoms with van der Waals surface area (Å²) in [6.07, 6.45) is 0.305. The fourth-order valence-corrected chi connectivity index (χ4v) is 1.69.